The fourth-order valence-corrected chi connectivity index (χ4v) is 2.71. The largest absolute Gasteiger partial charge is 0.455 e. The number of carbonyl (C=O) groups excluding carboxylic acids is 2. The van der Waals surface area contributed by atoms with Gasteiger partial charge >= 0.3 is 5.97 Å². The fourth-order valence-electron chi connectivity index (χ4n) is 2.58. The number of nitro benzene ring substituents is 1. The predicted octanol–water partition coefficient (Wildman–Crippen LogP) is 4.17. The average molecular weight is 391 g/mol. The van der Waals surface area contributed by atoms with Crippen molar-refractivity contribution in [2.45, 2.75) is 19.8 Å². The van der Waals surface area contributed by atoms with Crippen molar-refractivity contribution in [1.29, 1.82) is 0 Å². The molecule has 0 unspecified atom stereocenters. The first-order valence-corrected chi connectivity index (χ1v) is 8.62. The summed E-state index contributed by atoms with van der Waals surface area (Å²) in [5, 5.41) is 13.8. The highest BCUT2D eigenvalue weighted by atomic mass is 35.5. The van der Waals surface area contributed by atoms with Crippen molar-refractivity contribution in [3.63, 3.8) is 0 Å². The number of anilines is 1. The fraction of sp³-hybridized carbons (Fsp3) is 0.263. The van der Waals surface area contributed by atoms with Crippen LogP contribution in [-0.2, 0) is 14.3 Å². The summed E-state index contributed by atoms with van der Waals surface area (Å²) in [6.07, 6.45) is 0. The van der Waals surface area contributed by atoms with E-state index in [2.05, 4.69) is 5.32 Å². The molecule has 8 heteroatoms. The van der Waals surface area contributed by atoms with E-state index in [4.69, 9.17) is 16.3 Å². The Balaban J connectivity index is 1.98. The van der Waals surface area contributed by atoms with E-state index in [-0.39, 0.29) is 17.3 Å². The second-order valence-electron chi connectivity index (χ2n) is 6.24. The molecule has 0 radical (unpaired) electrons. The molecule has 2 aromatic carbocycles. The molecule has 1 atom stereocenters. The van der Waals surface area contributed by atoms with E-state index < -0.39 is 29.3 Å². The molecule has 0 bridgehead atoms. The van der Waals surface area contributed by atoms with E-state index >= 15 is 0 Å². The molecule has 142 valence electrons. The Kier molecular flexibility index (Phi) is 6.90. The van der Waals surface area contributed by atoms with E-state index in [1.54, 1.807) is 24.3 Å². The van der Waals surface area contributed by atoms with Crippen LogP contribution in [0.5, 0.6) is 0 Å². The van der Waals surface area contributed by atoms with Gasteiger partial charge in [-0.1, -0.05) is 43.6 Å². The van der Waals surface area contributed by atoms with Gasteiger partial charge in [-0.2, -0.15) is 0 Å². The summed E-state index contributed by atoms with van der Waals surface area (Å²) in [4.78, 5) is 34.6. The van der Waals surface area contributed by atoms with Crippen molar-refractivity contribution in [1.82, 2.24) is 0 Å². The van der Waals surface area contributed by atoms with E-state index in [1.807, 2.05) is 13.8 Å². The molecule has 1 amide bonds. The number of benzene rings is 2. The van der Waals surface area contributed by atoms with Crippen LogP contribution in [0.25, 0.3) is 0 Å². The lowest BCUT2D eigenvalue weighted by molar-refractivity contribution is -0.384. The Labute approximate surface area is 161 Å². The molecule has 0 aliphatic heterocycles. The quantitative estimate of drug-likeness (QED) is 0.434. The van der Waals surface area contributed by atoms with Crippen LogP contribution >= 0.6 is 11.6 Å². The summed E-state index contributed by atoms with van der Waals surface area (Å²) in [6, 6.07) is 12.4. The number of nitrogens with zero attached hydrogens (tertiary/aromatic N) is 1. The summed E-state index contributed by atoms with van der Waals surface area (Å²) in [5.74, 6) is -1.68. The van der Waals surface area contributed by atoms with Gasteiger partial charge in [0.1, 0.15) is 0 Å². The molecule has 0 aliphatic rings. The SMILES string of the molecule is CC(C)[C@H](C(=O)OCC(=O)Nc1cccc([N+](=O)[O-])c1)c1ccc(Cl)cc1. The van der Waals surface area contributed by atoms with Gasteiger partial charge in [0.05, 0.1) is 10.8 Å². The first-order valence-electron chi connectivity index (χ1n) is 8.24. The molecule has 27 heavy (non-hydrogen) atoms. The maximum atomic E-state index is 12.4. The van der Waals surface area contributed by atoms with Crippen LogP contribution in [0.3, 0.4) is 0 Å². The van der Waals surface area contributed by atoms with Gasteiger partial charge in [-0.25, -0.2) is 0 Å². The zero-order valence-corrected chi connectivity index (χ0v) is 15.6. The van der Waals surface area contributed by atoms with Crippen molar-refractivity contribution in [3.05, 3.63) is 69.2 Å². The van der Waals surface area contributed by atoms with Gasteiger partial charge in [-0.05, 0) is 29.7 Å². The van der Waals surface area contributed by atoms with E-state index in [1.165, 1.54) is 24.3 Å². The van der Waals surface area contributed by atoms with Crippen molar-refractivity contribution < 1.29 is 19.2 Å². The van der Waals surface area contributed by atoms with Gasteiger partial charge in [0.2, 0.25) is 0 Å². The maximum Gasteiger partial charge on any atom is 0.314 e. The van der Waals surface area contributed by atoms with Crippen LogP contribution in [0.1, 0.15) is 25.3 Å². The van der Waals surface area contributed by atoms with Crippen molar-refractivity contribution in [2.75, 3.05) is 11.9 Å². The van der Waals surface area contributed by atoms with Gasteiger partial charge in [-0.15, -0.1) is 0 Å². The number of rotatable bonds is 7. The van der Waals surface area contributed by atoms with Crippen LogP contribution in [0.4, 0.5) is 11.4 Å². The highest BCUT2D eigenvalue weighted by Gasteiger charge is 2.26. The molecule has 2 rings (SSSR count). The summed E-state index contributed by atoms with van der Waals surface area (Å²) in [7, 11) is 0. The molecular formula is C19H19ClN2O5. The lowest BCUT2D eigenvalue weighted by atomic mass is 9.88. The number of nitro groups is 1. The number of esters is 1. The zero-order chi connectivity index (χ0) is 20.0. The third kappa shape index (κ3) is 5.79. The first kappa shape index (κ1) is 20.4. The number of halogens is 1. The summed E-state index contributed by atoms with van der Waals surface area (Å²) in [6.45, 7) is 3.27. The van der Waals surface area contributed by atoms with Gasteiger partial charge in [0.25, 0.3) is 11.6 Å². The second-order valence-corrected chi connectivity index (χ2v) is 6.67. The predicted molar refractivity (Wildman–Crippen MR) is 102 cm³/mol. The monoisotopic (exact) mass is 390 g/mol. The lowest BCUT2D eigenvalue weighted by Gasteiger charge is -2.19. The van der Waals surface area contributed by atoms with E-state index in [9.17, 15) is 19.7 Å². The standard InChI is InChI=1S/C19H19ClN2O5/c1-12(2)18(13-6-8-14(20)9-7-13)19(24)27-11-17(23)21-15-4-3-5-16(10-15)22(25)26/h3-10,12,18H,11H2,1-2H3,(H,21,23)/t18-/m0/s1. The topological polar surface area (TPSA) is 98.5 Å². The molecule has 1 N–H and O–H groups in total. The van der Waals surface area contributed by atoms with Crippen molar-refractivity contribution >= 4 is 34.9 Å². The molecule has 2 aromatic rings. The molecule has 0 aromatic heterocycles. The molecular weight excluding hydrogens is 372 g/mol. The van der Waals surface area contributed by atoms with Crippen molar-refractivity contribution in [3.8, 4) is 0 Å². The number of amides is 1. The first-order chi connectivity index (χ1) is 12.8. The van der Waals surface area contributed by atoms with Crippen LogP contribution in [0, 0.1) is 16.0 Å². The molecule has 0 saturated heterocycles. The molecule has 0 spiro atoms. The van der Waals surface area contributed by atoms with E-state index in [0.29, 0.717) is 5.02 Å². The lowest BCUT2D eigenvalue weighted by Crippen LogP contribution is -2.26. The zero-order valence-electron chi connectivity index (χ0n) is 14.8. The van der Waals surface area contributed by atoms with Gasteiger partial charge in [0.15, 0.2) is 6.61 Å². The second kappa shape index (κ2) is 9.14. The van der Waals surface area contributed by atoms with Crippen LogP contribution < -0.4 is 5.32 Å². The summed E-state index contributed by atoms with van der Waals surface area (Å²) in [5.41, 5.74) is 0.856. The Morgan fingerprint density at radius 1 is 1.19 bits per heavy atom. The summed E-state index contributed by atoms with van der Waals surface area (Å²) >= 11 is 5.87. The van der Waals surface area contributed by atoms with Crippen LogP contribution in [0.15, 0.2) is 48.5 Å². The number of hydrogen-bond acceptors (Lipinski definition) is 5. The Morgan fingerprint density at radius 3 is 2.44 bits per heavy atom. The normalized spacial score (nSPS) is 11.7. The third-order valence-corrected chi connectivity index (χ3v) is 4.09. The molecule has 0 fully saturated rings. The van der Waals surface area contributed by atoms with Crippen LogP contribution in [-0.4, -0.2) is 23.4 Å². The van der Waals surface area contributed by atoms with E-state index in [0.717, 1.165) is 5.56 Å². The minimum absolute atomic E-state index is 0.0430. The Bertz CT molecular complexity index is 836. The highest BCUT2D eigenvalue weighted by Crippen LogP contribution is 2.27. The Hall–Kier alpha value is -2.93. The van der Waals surface area contributed by atoms with Gasteiger partial charge in [0, 0.05) is 22.8 Å². The smallest absolute Gasteiger partial charge is 0.314 e. The number of nitrogens with one attached hydrogen (secondary N) is 1. The van der Waals surface area contributed by atoms with Crippen LogP contribution in [0.2, 0.25) is 5.02 Å². The maximum absolute atomic E-state index is 12.4. The third-order valence-electron chi connectivity index (χ3n) is 3.84. The van der Waals surface area contributed by atoms with Gasteiger partial charge in [-0.3, -0.25) is 19.7 Å². The molecule has 0 aliphatic carbocycles. The summed E-state index contributed by atoms with van der Waals surface area (Å²) < 4.78 is 5.14. The number of ether oxygens (including phenoxy) is 1. The van der Waals surface area contributed by atoms with Gasteiger partial charge < -0.3 is 10.1 Å². The van der Waals surface area contributed by atoms with Crippen molar-refractivity contribution in [2.24, 2.45) is 5.92 Å². The molecule has 7 nitrogen and oxygen atoms in total. The molecule has 0 saturated carbocycles. The minimum atomic E-state index is -0.581. The minimum Gasteiger partial charge on any atom is -0.455 e. The number of non-ortho nitro benzene ring substituents is 1. The number of carbonyl (C=O) groups is 2. The highest BCUT2D eigenvalue weighted by molar-refractivity contribution is 6.30. The Morgan fingerprint density at radius 2 is 1.85 bits per heavy atom. The number of hydrogen-bond donors (Lipinski definition) is 1. The molecule has 0 heterocycles. The average Bonchev–Trinajstić information content (AvgIpc) is 2.62.